The molecule has 0 spiro atoms. The Morgan fingerprint density at radius 3 is 2.64 bits per heavy atom. The molecule has 0 aromatic carbocycles. The Kier molecular flexibility index (Phi) is 3.83. The number of nitrogens with zero attached hydrogens (tertiary/aromatic N) is 2. The molecule has 5 nitrogen and oxygen atoms in total. The van der Waals surface area contributed by atoms with E-state index < -0.39 is 11.1 Å². The molecule has 2 saturated carbocycles. The molecule has 1 N–H and O–H groups in total. The first-order valence-corrected chi connectivity index (χ1v) is 8.91. The van der Waals surface area contributed by atoms with E-state index in [4.69, 9.17) is 4.74 Å². The molecule has 1 aromatic rings. The second kappa shape index (κ2) is 5.41. The Morgan fingerprint density at radius 1 is 1.36 bits per heavy atom. The van der Waals surface area contributed by atoms with Gasteiger partial charge in [-0.2, -0.15) is 0 Å². The molecule has 3 rings (SSSR count). The standard InChI is InChI=1S/C16H23N3O2S/c1-15(2,3)21-14(20)19-16(7-10-5-11(10)8-16)12-6-13(22-4)18-9-17-12/h6,9-11H,5,7-8H2,1-4H3,(H,19,20). The van der Waals surface area contributed by atoms with Gasteiger partial charge in [-0.25, -0.2) is 14.8 Å². The first kappa shape index (κ1) is 15.6. The monoisotopic (exact) mass is 321 g/mol. The fraction of sp³-hybridized carbons (Fsp3) is 0.688. The molecule has 2 aliphatic carbocycles. The number of amides is 1. The molecule has 0 radical (unpaired) electrons. The summed E-state index contributed by atoms with van der Waals surface area (Å²) in [4.78, 5) is 21.0. The lowest BCUT2D eigenvalue weighted by molar-refractivity contribution is 0.0442. The Balaban J connectivity index is 1.84. The summed E-state index contributed by atoms with van der Waals surface area (Å²) in [6.07, 6.45) is 6.38. The van der Waals surface area contributed by atoms with E-state index in [9.17, 15) is 4.79 Å². The van der Waals surface area contributed by atoms with Crippen molar-refractivity contribution in [2.24, 2.45) is 11.8 Å². The molecular weight excluding hydrogens is 298 g/mol. The summed E-state index contributed by atoms with van der Waals surface area (Å²) in [5.41, 5.74) is 0.0107. The lowest BCUT2D eigenvalue weighted by Gasteiger charge is -2.32. The van der Waals surface area contributed by atoms with E-state index in [1.54, 1.807) is 18.1 Å². The zero-order valence-corrected chi connectivity index (χ0v) is 14.4. The number of carbonyl (C=O) groups is 1. The van der Waals surface area contributed by atoms with Crippen molar-refractivity contribution < 1.29 is 9.53 Å². The van der Waals surface area contributed by atoms with Gasteiger partial charge in [0.25, 0.3) is 0 Å². The minimum Gasteiger partial charge on any atom is -0.444 e. The van der Waals surface area contributed by atoms with Crippen LogP contribution in [0.1, 0.15) is 45.7 Å². The van der Waals surface area contributed by atoms with Crippen molar-refractivity contribution in [3.8, 4) is 0 Å². The van der Waals surface area contributed by atoms with Gasteiger partial charge < -0.3 is 10.1 Å². The van der Waals surface area contributed by atoms with E-state index in [0.717, 1.165) is 23.6 Å². The SMILES string of the molecule is CSc1cc(C2(NC(=O)OC(C)(C)C)CC3CC3C2)ncn1. The molecule has 0 bridgehead atoms. The molecular formula is C16H23N3O2S. The van der Waals surface area contributed by atoms with Gasteiger partial charge in [-0.3, -0.25) is 0 Å². The summed E-state index contributed by atoms with van der Waals surface area (Å²) < 4.78 is 5.45. The fourth-order valence-corrected chi connectivity index (χ4v) is 3.76. The number of aromatic nitrogens is 2. The molecule has 2 unspecified atom stereocenters. The molecule has 2 atom stereocenters. The predicted molar refractivity (Wildman–Crippen MR) is 85.7 cm³/mol. The van der Waals surface area contributed by atoms with Crippen LogP contribution in [-0.4, -0.2) is 27.9 Å². The minimum absolute atomic E-state index is 0.363. The Morgan fingerprint density at radius 2 is 2.05 bits per heavy atom. The molecule has 1 aromatic heterocycles. The van der Waals surface area contributed by atoms with Crippen LogP contribution in [0.5, 0.6) is 0 Å². The summed E-state index contributed by atoms with van der Waals surface area (Å²) in [6.45, 7) is 5.63. The highest BCUT2D eigenvalue weighted by Gasteiger charge is 2.56. The van der Waals surface area contributed by atoms with Gasteiger partial charge in [0.15, 0.2) is 0 Å². The third kappa shape index (κ3) is 3.21. The lowest BCUT2D eigenvalue weighted by Crippen LogP contribution is -2.47. The van der Waals surface area contributed by atoms with E-state index in [-0.39, 0.29) is 6.09 Å². The summed E-state index contributed by atoms with van der Waals surface area (Å²) in [5.74, 6) is 1.42. The van der Waals surface area contributed by atoms with Crippen LogP contribution in [0.4, 0.5) is 4.79 Å². The summed E-state index contributed by atoms with van der Waals surface area (Å²) in [6, 6.07) is 1.99. The molecule has 22 heavy (non-hydrogen) atoms. The first-order chi connectivity index (χ1) is 10.3. The summed E-state index contributed by atoms with van der Waals surface area (Å²) in [5, 5.41) is 4.04. The Bertz CT molecular complexity index is 575. The van der Waals surface area contributed by atoms with Crippen LogP contribution in [0, 0.1) is 11.8 Å². The van der Waals surface area contributed by atoms with Crippen LogP contribution in [0.2, 0.25) is 0 Å². The highest BCUT2D eigenvalue weighted by molar-refractivity contribution is 7.98. The highest BCUT2D eigenvalue weighted by atomic mass is 32.2. The third-order valence-corrected chi connectivity index (χ3v) is 5.01. The molecule has 1 amide bonds. The maximum atomic E-state index is 12.3. The second-order valence-corrected chi connectivity index (χ2v) is 8.15. The molecule has 0 saturated heterocycles. The van der Waals surface area contributed by atoms with Gasteiger partial charge in [0.05, 0.1) is 16.3 Å². The third-order valence-electron chi connectivity index (χ3n) is 4.37. The van der Waals surface area contributed by atoms with Crippen LogP contribution in [0.15, 0.2) is 17.4 Å². The molecule has 2 fully saturated rings. The van der Waals surface area contributed by atoms with E-state index in [1.807, 2.05) is 33.1 Å². The normalized spacial score (nSPS) is 29.8. The van der Waals surface area contributed by atoms with Crippen LogP contribution >= 0.6 is 11.8 Å². The van der Waals surface area contributed by atoms with Crippen molar-refractivity contribution in [1.29, 1.82) is 0 Å². The van der Waals surface area contributed by atoms with E-state index >= 15 is 0 Å². The van der Waals surface area contributed by atoms with Crippen molar-refractivity contribution in [3.63, 3.8) is 0 Å². The first-order valence-electron chi connectivity index (χ1n) is 7.69. The number of ether oxygens (including phenoxy) is 1. The molecule has 120 valence electrons. The van der Waals surface area contributed by atoms with Gasteiger partial charge >= 0.3 is 6.09 Å². The molecule has 6 heteroatoms. The number of thioether (sulfide) groups is 1. The predicted octanol–water partition coefficient (Wildman–Crippen LogP) is 3.35. The molecule has 0 aliphatic heterocycles. The zero-order valence-electron chi connectivity index (χ0n) is 13.5. The highest BCUT2D eigenvalue weighted by Crippen LogP contribution is 2.59. The number of alkyl carbamates (subject to hydrolysis) is 1. The maximum absolute atomic E-state index is 12.3. The number of fused-ring (bicyclic) bond motifs is 1. The van der Waals surface area contributed by atoms with E-state index in [1.165, 1.54) is 6.42 Å². The van der Waals surface area contributed by atoms with Crippen LogP contribution in [-0.2, 0) is 10.3 Å². The van der Waals surface area contributed by atoms with E-state index in [2.05, 4.69) is 15.3 Å². The average Bonchev–Trinajstić information content (AvgIpc) is 3.04. The van der Waals surface area contributed by atoms with Gasteiger partial charge in [0.1, 0.15) is 11.9 Å². The van der Waals surface area contributed by atoms with Gasteiger partial charge in [-0.15, -0.1) is 11.8 Å². The Labute approximate surface area is 135 Å². The van der Waals surface area contributed by atoms with Gasteiger partial charge in [-0.1, -0.05) is 0 Å². The second-order valence-electron chi connectivity index (χ2n) is 7.32. The van der Waals surface area contributed by atoms with Crippen molar-refractivity contribution in [2.75, 3.05) is 6.26 Å². The van der Waals surface area contributed by atoms with Crippen LogP contribution in [0.25, 0.3) is 0 Å². The summed E-state index contributed by atoms with van der Waals surface area (Å²) in [7, 11) is 0. The van der Waals surface area contributed by atoms with Gasteiger partial charge in [0, 0.05) is 0 Å². The maximum Gasteiger partial charge on any atom is 0.408 e. The Hall–Kier alpha value is -1.30. The number of rotatable bonds is 3. The number of hydrogen-bond acceptors (Lipinski definition) is 5. The largest absolute Gasteiger partial charge is 0.444 e. The molecule has 1 heterocycles. The van der Waals surface area contributed by atoms with Crippen molar-refractivity contribution in [1.82, 2.24) is 15.3 Å². The topological polar surface area (TPSA) is 64.1 Å². The number of carbonyl (C=O) groups excluding carboxylic acids is 1. The molecule has 2 aliphatic rings. The lowest BCUT2D eigenvalue weighted by atomic mass is 9.89. The van der Waals surface area contributed by atoms with Crippen LogP contribution in [0.3, 0.4) is 0 Å². The number of hydrogen-bond donors (Lipinski definition) is 1. The van der Waals surface area contributed by atoms with Gasteiger partial charge in [0.2, 0.25) is 0 Å². The van der Waals surface area contributed by atoms with Crippen molar-refractivity contribution in [3.05, 3.63) is 18.1 Å². The van der Waals surface area contributed by atoms with E-state index in [0.29, 0.717) is 11.8 Å². The van der Waals surface area contributed by atoms with Crippen LogP contribution < -0.4 is 5.32 Å². The smallest absolute Gasteiger partial charge is 0.408 e. The summed E-state index contributed by atoms with van der Waals surface area (Å²) >= 11 is 1.59. The minimum atomic E-state index is -0.497. The zero-order chi connectivity index (χ0) is 16.0. The van der Waals surface area contributed by atoms with Gasteiger partial charge in [-0.05, 0) is 64.2 Å². The van der Waals surface area contributed by atoms with Crippen molar-refractivity contribution >= 4 is 17.9 Å². The fourth-order valence-electron chi connectivity index (χ4n) is 3.38. The van der Waals surface area contributed by atoms with Crippen molar-refractivity contribution in [2.45, 2.75) is 56.2 Å². The quantitative estimate of drug-likeness (QED) is 0.683. The average molecular weight is 321 g/mol. The number of nitrogens with one attached hydrogen (secondary N) is 1.